The number of fused-ring (bicyclic) bond motifs is 2. The SMILES string of the molecule is CC(C)(C)NC(=O)c1cn(COCC[Si](C)(C)C)c2ncc(Br)nc12.Cc1cnc(Nc2cnc3[nH]cc(C(=O)NC(C)(C)C)c3n2)cn1. The number of carbonyl (C=O) groups is 2. The van der Waals surface area contributed by atoms with Gasteiger partial charge in [-0.3, -0.25) is 14.6 Å². The van der Waals surface area contributed by atoms with Crippen molar-refractivity contribution in [2.45, 2.75) is 92.0 Å². The lowest BCUT2D eigenvalue weighted by atomic mass is 10.1. The summed E-state index contributed by atoms with van der Waals surface area (Å²) in [5, 5.41) is 8.93. The van der Waals surface area contributed by atoms with E-state index in [1.54, 1.807) is 37.2 Å². The Bertz CT molecular complexity index is 1920. The van der Waals surface area contributed by atoms with Crippen molar-refractivity contribution in [3.05, 3.63) is 58.6 Å². The van der Waals surface area contributed by atoms with Crippen molar-refractivity contribution >= 4 is 69.8 Å². The minimum absolute atomic E-state index is 0.161. The molecule has 0 saturated heterocycles. The lowest BCUT2D eigenvalue weighted by Crippen LogP contribution is -2.40. The van der Waals surface area contributed by atoms with E-state index in [1.807, 2.05) is 53.0 Å². The van der Waals surface area contributed by atoms with Crippen LogP contribution in [0.2, 0.25) is 25.7 Å². The quantitative estimate of drug-likeness (QED) is 0.0979. The fourth-order valence-electron chi connectivity index (χ4n) is 4.36. The molecular formula is C33H46BrN11O3Si. The summed E-state index contributed by atoms with van der Waals surface area (Å²) in [5.74, 6) is 0.691. The topological polar surface area (TPSA) is 178 Å². The molecule has 0 atom stereocenters. The molecule has 16 heteroatoms. The zero-order valence-electron chi connectivity index (χ0n) is 29.8. The van der Waals surface area contributed by atoms with Crippen molar-refractivity contribution < 1.29 is 14.3 Å². The third kappa shape index (κ3) is 11.1. The van der Waals surface area contributed by atoms with Crippen molar-refractivity contribution in [2.24, 2.45) is 0 Å². The molecule has 0 radical (unpaired) electrons. The average molecular weight is 753 g/mol. The summed E-state index contributed by atoms with van der Waals surface area (Å²) in [6.45, 7) is 21.5. The van der Waals surface area contributed by atoms with Crippen LogP contribution in [0.1, 0.15) is 68.0 Å². The number of aromatic amines is 1. The van der Waals surface area contributed by atoms with Gasteiger partial charge in [-0.25, -0.2) is 24.9 Å². The number of ether oxygens (including phenoxy) is 1. The van der Waals surface area contributed by atoms with Gasteiger partial charge in [0.1, 0.15) is 28.2 Å². The minimum atomic E-state index is -1.13. The lowest BCUT2D eigenvalue weighted by molar-refractivity contribution is 0.0884. The summed E-state index contributed by atoms with van der Waals surface area (Å²) in [5.41, 5.74) is 3.41. The van der Waals surface area contributed by atoms with Gasteiger partial charge in [-0.2, -0.15) is 0 Å². The summed E-state index contributed by atoms with van der Waals surface area (Å²) >= 11 is 3.33. The van der Waals surface area contributed by atoms with Crippen molar-refractivity contribution in [2.75, 3.05) is 11.9 Å². The molecule has 5 aromatic heterocycles. The van der Waals surface area contributed by atoms with Crippen LogP contribution in [0.25, 0.3) is 22.3 Å². The Morgan fingerprint density at radius 1 is 0.857 bits per heavy atom. The smallest absolute Gasteiger partial charge is 0.255 e. The molecule has 0 aliphatic rings. The van der Waals surface area contributed by atoms with Gasteiger partial charge in [-0.1, -0.05) is 19.6 Å². The van der Waals surface area contributed by atoms with Gasteiger partial charge >= 0.3 is 0 Å². The van der Waals surface area contributed by atoms with Gasteiger partial charge in [0, 0.05) is 38.2 Å². The minimum Gasteiger partial charge on any atom is -0.361 e. The predicted octanol–water partition coefficient (Wildman–Crippen LogP) is 6.36. The fraction of sp³-hybridized carbons (Fsp3) is 0.455. The highest BCUT2D eigenvalue weighted by Crippen LogP contribution is 2.22. The molecule has 0 aliphatic carbocycles. The zero-order chi connectivity index (χ0) is 36.1. The Balaban J connectivity index is 0.000000221. The van der Waals surface area contributed by atoms with Crippen LogP contribution in [0.15, 0.2) is 41.8 Å². The van der Waals surface area contributed by atoms with Crippen molar-refractivity contribution in [1.82, 2.24) is 50.1 Å². The van der Waals surface area contributed by atoms with Crippen LogP contribution in [0.4, 0.5) is 11.6 Å². The van der Waals surface area contributed by atoms with Crippen LogP contribution in [-0.4, -0.2) is 77.0 Å². The summed E-state index contributed by atoms with van der Waals surface area (Å²) in [6.07, 6.45) is 9.87. The second-order valence-corrected chi connectivity index (χ2v) is 21.4. The zero-order valence-corrected chi connectivity index (χ0v) is 32.4. The summed E-state index contributed by atoms with van der Waals surface area (Å²) < 4.78 is 8.26. The fourth-order valence-corrected chi connectivity index (χ4v) is 5.40. The molecule has 262 valence electrons. The van der Waals surface area contributed by atoms with E-state index in [4.69, 9.17) is 4.74 Å². The van der Waals surface area contributed by atoms with Crippen LogP contribution in [-0.2, 0) is 11.5 Å². The molecule has 0 aliphatic heterocycles. The van der Waals surface area contributed by atoms with E-state index in [-0.39, 0.29) is 22.9 Å². The molecule has 0 aromatic carbocycles. The third-order valence-electron chi connectivity index (χ3n) is 6.65. The predicted molar refractivity (Wildman–Crippen MR) is 198 cm³/mol. The standard InChI is InChI=1S/C17H27BrN4O2Si.C16H19N7O/c1-17(2,3)21-16(23)12-10-22(11-24-7-8-25(4,5)6)15-14(12)20-13(18)9-19-15;1-9-5-18-11(7-17-9)21-12-8-20-14-13(22-12)10(6-19-14)15(24)23-16(2,3)4/h9-10H,7-8,11H2,1-6H3,(H,21,23);5-8H,1-4H3,(H,19,20)(H,23,24)(H,18,21,22). The number of carbonyl (C=O) groups excluding carboxylic acids is 2. The number of aromatic nitrogens is 8. The summed E-state index contributed by atoms with van der Waals surface area (Å²) in [7, 11) is -1.13. The molecule has 0 fully saturated rings. The number of nitrogens with one attached hydrogen (secondary N) is 4. The van der Waals surface area contributed by atoms with Gasteiger partial charge in [0.2, 0.25) is 0 Å². The van der Waals surface area contributed by atoms with E-state index in [0.29, 0.717) is 63.0 Å². The molecule has 2 amide bonds. The number of H-pyrrole nitrogens is 1. The van der Waals surface area contributed by atoms with E-state index in [2.05, 4.69) is 86.4 Å². The highest BCUT2D eigenvalue weighted by atomic mass is 79.9. The molecule has 5 rings (SSSR count). The molecule has 5 aromatic rings. The first-order valence-electron chi connectivity index (χ1n) is 15.9. The maximum atomic E-state index is 12.6. The molecule has 0 unspecified atom stereocenters. The van der Waals surface area contributed by atoms with Gasteiger partial charge in [-0.15, -0.1) is 0 Å². The molecule has 0 spiro atoms. The van der Waals surface area contributed by atoms with Gasteiger partial charge in [0.15, 0.2) is 17.1 Å². The first kappa shape index (κ1) is 37.5. The molecular weight excluding hydrogens is 706 g/mol. The van der Waals surface area contributed by atoms with Crippen LogP contribution in [0.3, 0.4) is 0 Å². The number of hydrogen-bond acceptors (Lipinski definition) is 10. The number of rotatable bonds is 9. The molecule has 5 heterocycles. The Hall–Kier alpha value is -4.28. The van der Waals surface area contributed by atoms with Crippen LogP contribution in [0, 0.1) is 6.92 Å². The Labute approximate surface area is 295 Å². The highest BCUT2D eigenvalue weighted by molar-refractivity contribution is 9.10. The van der Waals surface area contributed by atoms with Crippen molar-refractivity contribution in [1.29, 1.82) is 0 Å². The number of anilines is 2. The number of amides is 2. The molecule has 0 saturated carbocycles. The van der Waals surface area contributed by atoms with Crippen molar-refractivity contribution in [3.8, 4) is 0 Å². The largest absolute Gasteiger partial charge is 0.361 e. The van der Waals surface area contributed by atoms with E-state index < -0.39 is 8.07 Å². The number of hydrogen-bond donors (Lipinski definition) is 4. The van der Waals surface area contributed by atoms with E-state index >= 15 is 0 Å². The summed E-state index contributed by atoms with van der Waals surface area (Å²) in [6, 6.07) is 1.10. The first-order chi connectivity index (χ1) is 22.8. The number of aryl methyl sites for hydroxylation is 1. The highest BCUT2D eigenvalue weighted by Gasteiger charge is 2.23. The lowest BCUT2D eigenvalue weighted by Gasteiger charge is -2.20. The second kappa shape index (κ2) is 15.1. The van der Waals surface area contributed by atoms with E-state index in [0.717, 1.165) is 11.7 Å². The van der Waals surface area contributed by atoms with E-state index in [1.165, 1.54) is 0 Å². The Morgan fingerprint density at radius 2 is 1.51 bits per heavy atom. The van der Waals surface area contributed by atoms with Gasteiger partial charge in [0.25, 0.3) is 11.8 Å². The van der Waals surface area contributed by atoms with Gasteiger partial charge < -0.3 is 30.2 Å². The maximum Gasteiger partial charge on any atom is 0.255 e. The van der Waals surface area contributed by atoms with Gasteiger partial charge in [-0.05, 0) is 70.4 Å². The maximum absolute atomic E-state index is 12.6. The second-order valence-electron chi connectivity index (χ2n) is 15.0. The average Bonchev–Trinajstić information content (AvgIpc) is 3.56. The Kier molecular flexibility index (Phi) is 11.6. The van der Waals surface area contributed by atoms with Crippen molar-refractivity contribution in [3.63, 3.8) is 0 Å². The van der Waals surface area contributed by atoms with Crippen LogP contribution in [0.5, 0.6) is 0 Å². The first-order valence-corrected chi connectivity index (χ1v) is 20.4. The molecule has 14 nitrogen and oxygen atoms in total. The van der Waals surface area contributed by atoms with E-state index in [9.17, 15) is 9.59 Å². The van der Waals surface area contributed by atoms with Gasteiger partial charge in [0.05, 0.1) is 41.6 Å². The summed E-state index contributed by atoms with van der Waals surface area (Å²) in [4.78, 5) is 54.0. The monoisotopic (exact) mass is 751 g/mol. The van der Waals surface area contributed by atoms with Crippen LogP contribution >= 0.6 is 15.9 Å². The number of nitrogens with zero attached hydrogens (tertiary/aromatic N) is 7. The normalized spacial score (nSPS) is 12.1. The number of halogens is 1. The third-order valence-corrected chi connectivity index (χ3v) is 8.73. The van der Waals surface area contributed by atoms with Crippen LogP contribution < -0.4 is 16.0 Å². The molecule has 4 N–H and O–H groups in total. The molecule has 0 bridgehead atoms. The Morgan fingerprint density at radius 3 is 2.12 bits per heavy atom. The molecule has 49 heavy (non-hydrogen) atoms.